The third-order valence-corrected chi connectivity index (χ3v) is 5.24. The Hall–Kier alpha value is -1.26. The van der Waals surface area contributed by atoms with Gasteiger partial charge in [0.2, 0.25) is 0 Å². The maximum Gasteiger partial charge on any atom is 0.108 e. The fourth-order valence-corrected chi connectivity index (χ4v) is 3.93. The summed E-state index contributed by atoms with van der Waals surface area (Å²) >= 11 is 1.93. The van der Waals surface area contributed by atoms with Crippen LogP contribution in [0.1, 0.15) is 17.8 Å². The van der Waals surface area contributed by atoms with Crippen molar-refractivity contribution in [1.82, 2.24) is 9.55 Å². The van der Waals surface area contributed by atoms with Crippen LogP contribution in [0, 0.1) is 0 Å². The number of benzene rings is 1. The van der Waals surface area contributed by atoms with Crippen LogP contribution in [0.3, 0.4) is 0 Å². The van der Waals surface area contributed by atoms with E-state index >= 15 is 0 Å². The molecule has 3 rings (SSSR count). The predicted molar refractivity (Wildman–Crippen MR) is 79.3 cm³/mol. The monoisotopic (exact) mass is 273 g/mol. The van der Waals surface area contributed by atoms with Gasteiger partial charge in [-0.15, -0.1) is 11.8 Å². The lowest BCUT2D eigenvalue weighted by molar-refractivity contribution is 0.570. The molecule has 3 nitrogen and oxygen atoms in total. The van der Waals surface area contributed by atoms with E-state index < -0.39 is 0 Å². The van der Waals surface area contributed by atoms with Gasteiger partial charge in [-0.1, -0.05) is 18.2 Å². The van der Waals surface area contributed by atoms with Crippen LogP contribution in [-0.2, 0) is 19.9 Å². The van der Waals surface area contributed by atoms with E-state index in [-0.39, 0.29) is 6.04 Å². The molecule has 1 aromatic heterocycles. The van der Waals surface area contributed by atoms with Crippen molar-refractivity contribution in [3.05, 3.63) is 48.0 Å². The number of fused-ring (bicyclic) bond motifs is 1. The highest BCUT2D eigenvalue weighted by molar-refractivity contribution is 8.00. The van der Waals surface area contributed by atoms with Crippen molar-refractivity contribution in [2.24, 2.45) is 12.8 Å². The summed E-state index contributed by atoms with van der Waals surface area (Å²) in [4.78, 5) is 5.76. The van der Waals surface area contributed by atoms with Gasteiger partial charge in [0.1, 0.15) is 5.82 Å². The first-order valence-corrected chi connectivity index (χ1v) is 7.58. The molecule has 0 amide bonds. The number of nitrogens with two attached hydrogens (primary N) is 1. The summed E-state index contributed by atoms with van der Waals surface area (Å²) in [5.41, 5.74) is 7.82. The van der Waals surface area contributed by atoms with Crippen molar-refractivity contribution in [2.45, 2.75) is 35.4 Å². The average Bonchev–Trinajstić information content (AvgIpc) is 3.01. The van der Waals surface area contributed by atoms with E-state index in [9.17, 15) is 0 Å². The Kier molecular flexibility index (Phi) is 3.62. The quantitative estimate of drug-likeness (QED) is 0.930. The molecular formula is C15H19N3S. The van der Waals surface area contributed by atoms with Crippen LogP contribution in [-0.4, -0.2) is 20.8 Å². The topological polar surface area (TPSA) is 43.8 Å². The average molecular weight is 273 g/mol. The molecule has 19 heavy (non-hydrogen) atoms. The van der Waals surface area contributed by atoms with Crippen molar-refractivity contribution in [2.75, 3.05) is 0 Å². The summed E-state index contributed by atoms with van der Waals surface area (Å²) in [7, 11) is 2.04. The highest BCUT2D eigenvalue weighted by Crippen LogP contribution is 2.38. The first kappa shape index (κ1) is 12.8. The van der Waals surface area contributed by atoms with Crippen LogP contribution in [0.5, 0.6) is 0 Å². The third-order valence-electron chi connectivity index (χ3n) is 3.77. The molecule has 2 aromatic rings. The van der Waals surface area contributed by atoms with Gasteiger partial charge in [-0.2, -0.15) is 0 Å². The van der Waals surface area contributed by atoms with Gasteiger partial charge >= 0.3 is 0 Å². The van der Waals surface area contributed by atoms with Crippen LogP contribution in [0.25, 0.3) is 0 Å². The van der Waals surface area contributed by atoms with Gasteiger partial charge < -0.3 is 10.3 Å². The molecular weight excluding hydrogens is 254 g/mol. The smallest absolute Gasteiger partial charge is 0.108 e. The van der Waals surface area contributed by atoms with Gasteiger partial charge in [0, 0.05) is 42.0 Å². The highest BCUT2D eigenvalue weighted by atomic mass is 32.2. The van der Waals surface area contributed by atoms with Crippen LogP contribution in [0.2, 0.25) is 0 Å². The number of thioether (sulfide) groups is 1. The Labute approximate surface area is 118 Å². The van der Waals surface area contributed by atoms with E-state index in [2.05, 4.69) is 33.8 Å². The Bertz CT molecular complexity index is 539. The number of imidazole rings is 1. The van der Waals surface area contributed by atoms with E-state index in [0.717, 1.165) is 25.1 Å². The molecule has 100 valence electrons. The van der Waals surface area contributed by atoms with Gasteiger partial charge in [-0.3, -0.25) is 0 Å². The molecule has 2 unspecified atom stereocenters. The van der Waals surface area contributed by atoms with E-state index in [0.29, 0.717) is 5.25 Å². The van der Waals surface area contributed by atoms with E-state index in [1.165, 1.54) is 10.5 Å². The Morgan fingerprint density at radius 1 is 1.47 bits per heavy atom. The molecule has 1 aromatic carbocycles. The van der Waals surface area contributed by atoms with E-state index in [1.807, 2.05) is 31.2 Å². The number of aryl methyl sites for hydroxylation is 2. The largest absolute Gasteiger partial charge is 0.338 e. The molecule has 0 saturated heterocycles. The predicted octanol–water partition coefficient (Wildman–Crippen LogP) is 2.40. The standard InChI is InChI=1S/C15H19N3S/c1-18-9-8-17-15(18)7-6-12(16)14-10-11-4-2-3-5-13(11)19-14/h2-5,8-9,12,14H,6-7,10,16H2,1H3. The first-order chi connectivity index (χ1) is 9.24. The number of rotatable bonds is 4. The molecule has 0 radical (unpaired) electrons. The molecule has 0 bridgehead atoms. The fraction of sp³-hybridized carbons (Fsp3) is 0.400. The van der Waals surface area contributed by atoms with Crippen molar-refractivity contribution < 1.29 is 0 Å². The Morgan fingerprint density at radius 2 is 2.32 bits per heavy atom. The molecule has 1 aliphatic heterocycles. The number of nitrogens with zero attached hydrogens (tertiary/aromatic N) is 2. The van der Waals surface area contributed by atoms with Gasteiger partial charge in [0.15, 0.2) is 0 Å². The maximum absolute atomic E-state index is 6.37. The van der Waals surface area contributed by atoms with E-state index in [4.69, 9.17) is 5.73 Å². The lowest BCUT2D eigenvalue weighted by atomic mass is 10.0. The summed E-state index contributed by atoms with van der Waals surface area (Å²) in [5, 5.41) is 0.512. The fourth-order valence-electron chi connectivity index (χ4n) is 2.57. The summed E-state index contributed by atoms with van der Waals surface area (Å²) < 4.78 is 2.07. The maximum atomic E-state index is 6.37. The summed E-state index contributed by atoms with van der Waals surface area (Å²) in [6.45, 7) is 0. The normalized spacial score (nSPS) is 19.4. The molecule has 0 spiro atoms. The summed E-state index contributed by atoms with van der Waals surface area (Å²) in [5.74, 6) is 1.12. The second-order valence-electron chi connectivity index (χ2n) is 5.13. The molecule has 0 aliphatic carbocycles. The SMILES string of the molecule is Cn1ccnc1CCC(N)C1Cc2ccccc2S1. The molecule has 2 atom stereocenters. The van der Waals surface area contributed by atoms with Crippen molar-refractivity contribution in [1.29, 1.82) is 0 Å². The zero-order chi connectivity index (χ0) is 13.2. The minimum atomic E-state index is 0.231. The molecule has 2 heterocycles. The number of hydrogen-bond donors (Lipinski definition) is 1. The van der Waals surface area contributed by atoms with Crippen LogP contribution < -0.4 is 5.73 Å². The van der Waals surface area contributed by atoms with Crippen LogP contribution in [0.4, 0.5) is 0 Å². The second-order valence-corrected chi connectivity index (χ2v) is 6.41. The van der Waals surface area contributed by atoms with Crippen LogP contribution >= 0.6 is 11.8 Å². The van der Waals surface area contributed by atoms with E-state index in [1.54, 1.807) is 0 Å². The molecule has 0 saturated carbocycles. The highest BCUT2D eigenvalue weighted by Gasteiger charge is 2.26. The Morgan fingerprint density at radius 3 is 3.05 bits per heavy atom. The molecule has 1 aliphatic rings. The Balaban J connectivity index is 1.58. The zero-order valence-electron chi connectivity index (χ0n) is 11.1. The van der Waals surface area contributed by atoms with Crippen LogP contribution in [0.15, 0.2) is 41.6 Å². The second kappa shape index (κ2) is 5.39. The first-order valence-electron chi connectivity index (χ1n) is 6.70. The van der Waals surface area contributed by atoms with Gasteiger partial charge in [0.25, 0.3) is 0 Å². The van der Waals surface area contributed by atoms with Crippen molar-refractivity contribution in [3.63, 3.8) is 0 Å². The number of aromatic nitrogens is 2. The molecule has 2 N–H and O–H groups in total. The minimum absolute atomic E-state index is 0.231. The summed E-state index contributed by atoms with van der Waals surface area (Å²) in [6, 6.07) is 8.86. The lowest BCUT2D eigenvalue weighted by Crippen LogP contribution is -2.32. The zero-order valence-corrected chi connectivity index (χ0v) is 11.9. The third kappa shape index (κ3) is 2.69. The van der Waals surface area contributed by atoms with Gasteiger partial charge in [0.05, 0.1) is 0 Å². The number of hydrogen-bond acceptors (Lipinski definition) is 3. The van der Waals surface area contributed by atoms with Crippen molar-refractivity contribution >= 4 is 11.8 Å². The minimum Gasteiger partial charge on any atom is -0.338 e. The lowest BCUT2D eigenvalue weighted by Gasteiger charge is -2.17. The molecule has 4 heteroatoms. The van der Waals surface area contributed by atoms with Gasteiger partial charge in [-0.05, 0) is 24.5 Å². The van der Waals surface area contributed by atoms with Gasteiger partial charge in [-0.25, -0.2) is 4.98 Å². The van der Waals surface area contributed by atoms with Crippen molar-refractivity contribution in [3.8, 4) is 0 Å². The molecule has 0 fully saturated rings. The summed E-state index contributed by atoms with van der Waals surface area (Å²) in [6.07, 6.45) is 6.89.